The zero-order valence-corrected chi connectivity index (χ0v) is 15.7. The number of nitrogens with zero attached hydrogens (tertiary/aromatic N) is 2. The molecule has 0 aromatic carbocycles. The summed E-state index contributed by atoms with van der Waals surface area (Å²) in [6.45, 7) is 1.86. The van der Waals surface area contributed by atoms with Crippen LogP contribution in [0.2, 0.25) is 0 Å². The molecule has 1 amide bonds. The summed E-state index contributed by atoms with van der Waals surface area (Å²) in [5.41, 5.74) is 1.78. The van der Waals surface area contributed by atoms with E-state index in [2.05, 4.69) is 20.5 Å². The van der Waals surface area contributed by atoms with Gasteiger partial charge in [-0.05, 0) is 43.4 Å². The lowest BCUT2D eigenvalue weighted by molar-refractivity contribution is 0.0234. The van der Waals surface area contributed by atoms with Gasteiger partial charge in [-0.25, -0.2) is 4.98 Å². The molecule has 3 heterocycles. The quantitative estimate of drug-likeness (QED) is 0.604. The minimum Gasteiger partial charge on any atom is -0.481 e. The summed E-state index contributed by atoms with van der Waals surface area (Å²) in [4.78, 5) is 17.0. The van der Waals surface area contributed by atoms with Gasteiger partial charge in [0.2, 0.25) is 5.88 Å². The van der Waals surface area contributed by atoms with Crippen LogP contribution in [0.1, 0.15) is 40.7 Å². The SMILES string of the molecule is COc1ccc([C@@H](NC(=O)c2cc(-c3ccc(C)o3)[nH]n2)C2CC(O)C2)cn1. The molecule has 3 aromatic rings. The van der Waals surface area contributed by atoms with Crippen LogP contribution in [0.4, 0.5) is 0 Å². The highest BCUT2D eigenvalue weighted by Crippen LogP contribution is 2.38. The molecule has 8 nitrogen and oxygen atoms in total. The second kappa shape index (κ2) is 7.47. The van der Waals surface area contributed by atoms with Crippen LogP contribution in [-0.4, -0.2) is 39.4 Å². The number of carbonyl (C=O) groups excluding carboxylic acids is 1. The van der Waals surface area contributed by atoms with Gasteiger partial charge >= 0.3 is 0 Å². The normalized spacial score (nSPS) is 19.7. The molecule has 0 aliphatic heterocycles. The van der Waals surface area contributed by atoms with Crippen LogP contribution in [0.3, 0.4) is 0 Å². The lowest BCUT2D eigenvalue weighted by Gasteiger charge is -2.38. The molecule has 0 radical (unpaired) electrons. The van der Waals surface area contributed by atoms with Crippen LogP contribution in [0, 0.1) is 12.8 Å². The molecule has 1 atom stereocenters. The Hall–Kier alpha value is -3.13. The highest BCUT2D eigenvalue weighted by atomic mass is 16.5. The Morgan fingerprint density at radius 3 is 2.79 bits per heavy atom. The van der Waals surface area contributed by atoms with Gasteiger partial charge in [-0.1, -0.05) is 6.07 Å². The average molecular weight is 382 g/mol. The van der Waals surface area contributed by atoms with Gasteiger partial charge in [0.25, 0.3) is 5.91 Å². The number of aromatic amines is 1. The molecule has 0 unspecified atom stereocenters. The molecule has 0 spiro atoms. The third-order valence-electron chi connectivity index (χ3n) is 5.05. The predicted octanol–water partition coefficient (Wildman–Crippen LogP) is 2.62. The number of hydrogen-bond donors (Lipinski definition) is 3. The van der Waals surface area contributed by atoms with Crippen LogP contribution < -0.4 is 10.1 Å². The first kappa shape index (κ1) is 18.2. The topological polar surface area (TPSA) is 113 Å². The van der Waals surface area contributed by atoms with Crippen molar-refractivity contribution >= 4 is 5.91 Å². The van der Waals surface area contributed by atoms with Crippen LogP contribution in [0.5, 0.6) is 5.88 Å². The van der Waals surface area contributed by atoms with Crippen LogP contribution in [0.15, 0.2) is 40.9 Å². The molecule has 1 fully saturated rings. The molecule has 146 valence electrons. The second-order valence-electron chi connectivity index (χ2n) is 7.05. The number of ether oxygens (including phenoxy) is 1. The summed E-state index contributed by atoms with van der Waals surface area (Å²) in [7, 11) is 1.55. The molecule has 3 N–H and O–H groups in total. The minimum atomic E-state index is -0.324. The zero-order chi connectivity index (χ0) is 19.7. The fourth-order valence-corrected chi connectivity index (χ4v) is 3.43. The standard InChI is InChI=1S/C20H22N4O4/c1-11-3-5-17(28-11)15-9-16(24-23-15)20(26)22-19(13-7-14(25)8-13)12-4-6-18(27-2)21-10-12/h3-6,9-10,13-14,19,25H,7-8H2,1-2H3,(H,22,26)(H,23,24)/t13?,14?,19-/m1/s1. The number of methoxy groups -OCH3 is 1. The Balaban J connectivity index is 1.52. The van der Waals surface area contributed by atoms with E-state index in [1.165, 1.54) is 0 Å². The second-order valence-corrected chi connectivity index (χ2v) is 7.05. The number of H-pyrrole nitrogens is 1. The molecular weight excluding hydrogens is 360 g/mol. The third kappa shape index (κ3) is 3.63. The summed E-state index contributed by atoms with van der Waals surface area (Å²) in [6, 6.07) is 8.71. The maximum absolute atomic E-state index is 12.8. The van der Waals surface area contributed by atoms with Gasteiger partial charge in [-0.15, -0.1) is 0 Å². The number of pyridine rings is 1. The molecule has 1 aliphatic rings. The van der Waals surface area contributed by atoms with E-state index in [1.54, 1.807) is 25.4 Å². The van der Waals surface area contributed by atoms with Crippen molar-refractivity contribution in [3.05, 3.63) is 53.5 Å². The van der Waals surface area contributed by atoms with Crippen LogP contribution >= 0.6 is 0 Å². The van der Waals surface area contributed by atoms with E-state index in [9.17, 15) is 9.90 Å². The van der Waals surface area contributed by atoms with Gasteiger partial charge in [0, 0.05) is 18.3 Å². The van der Waals surface area contributed by atoms with Gasteiger partial charge < -0.3 is 19.6 Å². The van der Waals surface area contributed by atoms with E-state index in [4.69, 9.17) is 9.15 Å². The molecule has 3 aromatic heterocycles. The largest absolute Gasteiger partial charge is 0.481 e. The number of aliphatic hydroxyl groups excluding tert-OH is 1. The number of carbonyl (C=O) groups is 1. The Morgan fingerprint density at radius 2 is 2.18 bits per heavy atom. The summed E-state index contributed by atoms with van der Waals surface area (Å²) in [6.07, 6.45) is 2.63. The Kier molecular flexibility index (Phi) is 4.87. The maximum atomic E-state index is 12.8. The van der Waals surface area contributed by atoms with E-state index in [0.717, 1.165) is 11.3 Å². The van der Waals surface area contributed by atoms with E-state index < -0.39 is 0 Å². The van der Waals surface area contributed by atoms with Crippen molar-refractivity contribution in [2.75, 3.05) is 7.11 Å². The zero-order valence-electron chi connectivity index (χ0n) is 15.7. The number of aliphatic hydroxyl groups is 1. The Labute approximate surface area is 161 Å². The Morgan fingerprint density at radius 1 is 1.36 bits per heavy atom. The summed E-state index contributed by atoms with van der Waals surface area (Å²) in [5.74, 6) is 1.76. The summed E-state index contributed by atoms with van der Waals surface area (Å²) >= 11 is 0. The van der Waals surface area contributed by atoms with Crippen LogP contribution in [-0.2, 0) is 0 Å². The number of aromatic nitrogens is 3. The number of nitrogens with one attached hydrogen (secondary N) is 2. The smallest absolute Gasteiger partial charge is 0.272 e. The number of rotatable bonds is 6. The third-order valence-corrected chi connectivity index (χ3v) is 5.05. The van der Waals surface area contributed by atoms with Crippen molar-refractivity contribution in [3.8, 4) is 17.3 Å². The molecule has 1 saturated carbocycles. The summed E-state index contributed by atoms with van der Waals surface area (Å²) in [5, 5.41) is 19.7. The van der Waals surface area contributed by atoms with Crippen molar-refractivity contribution in [1.82, 2.24) is 20.5 Å². The molecule has 0 bridgehead atoms. The van der Waals surface area contributed by atoms with Crippen molar-refractivity contribution < 1.29 is 19.1 Å². The molecule has 1 aliphatic carbocycles. The average Bonchev–Trinajstić information content (AvgIpc) is 3.33. The number of hydrogen-bond acceptors (Lipinski definition) is 6. The van der Waals surface area contributed by atoms with Gasteiger partial charge in [0.05, 0.1) is 19.3 Å². The number of aryl methyl sites for hydroxylation is 1. The lowest BCUT2D eigenvalue weighted by atomic mass is 9.75. The fourth-order valence-electron chi connectivity index (χ4n) is 3.43. The predicted molar refractivity (Wildman–Crippen MR) is 101 cm³/mol. The molecule has 0 saturated heterocycles. The number of furan rings is 1. The summed E-state index contributed by atoms with van der Waals surface area (Å²) < 4.78 is 10.7. The lowest BCUT2D eigenvalue weighted by Crippen LogP contribution is -2.41. The highest BCUT2D eigenvalue weighted by Gasteiger charge is 2.36. The molecule has 4 rings (SSSR count). The first-order valence-corrected chi connectivity index (χ1v) is 9.14. The van der Waals surface area contributed by atoms with Gasteiger partial charge in [0.1, 0.15) is 11.5 Å². The monoisotopic (exact) mass is 382 g/mol. The van der Waals surface area contributed by atoms with Crippen molar-refractivity contribution in [2.24, 2.45) is 5.92 Å². The van der Waals surface area contributed by atoms with Gasteiger partial charge in [-0.3, -0.25) is 9.89 Å². The van der Waals surface area contributed by atoms with Crippen LogP contribution in [0.25, 0.3) is 11.5 Å². The fraction of sp³-hybridized carbons (Fsp3) is 0.350. The van der Waals surface area contributed by atoms with E-state index in [-0.39, 0.29) is 29.7 Å². The van der Waals surface area contributed by atoms with Crippen molar-refractivity contribution in [1.29, 1.82) is 0 Å². The maximum Gasteiger partial charge on any atom is 0.272 e. The van der Waals surface area contributed by atoms with Gasteiger partial charge in [-0.2, -0.15) is 5.10 Å². The van der Waals surface area contributed by atoms with E-state index >= 15 is 0 Å². The van der Waals surface area contributed by atoms with E-state index in [1.807, 2.05) is 25.1 Å². The molecule has 28 heavy (non-hydrogen) atoms. The first-order chi connectivity index (χ1) is 13.5. The van der Waals surface area contributed by atoms with Gasteiger partial charge in [0.15, 0.2) is 11.5 Å². The highest BCUT2D eigenvalue weighted by molar-refractivity contribution is 5.93. The Bertz CT molecular complexity index is 957. The van der Waals surface area contributed by atoms with Crippen molar-refractivity contribution in [2.45, 2.75) is 31.9 Å². The molecule has 8 heteroatoms. The van der Waals surface area contributed by atoms with Crippen molar-refractivity contribution in [3.63, 3.8) is 0 Å². The van der Waals surface area contributed by atoms with E-state index in [0.29, 0.717) is 30.2 Å². The molecular formula is C20H22N4O4. The number of amides is 1. The minimum absolute atomic E-state index is 0.139. The first-order valence-electron chi connectivity index (χ1n) is 9.14.